The molecule has 0 radical (unpaired) electrons. The van der Waals surface area contributed by atoms with Crippen molar-refractivity contribution in [3.05, 3.63) is 29.3 Å². The molecule has 20 heavy (non-hydrogen) atoms. The van der Waals surface area contributed by atoms with Crippen LogP contribution in [0.15, 0.2) is 18.2 Å². The van der Waals surface area contributed by atoms with Crippen LogP contribution in [0.25, 0.3) is 0 Å². The average Bonchev–Trinajstić information content (AvgIpc) is 2.69. The van der Waals surface area contributed by atoms with E-state index in [2.05, 4.69) is 6.07 Å². The summed E-state index contributed by atoms with van der Waals surface area (Å²) in [7, 11) is 0. The van der Waals surface area contributed by atoms with Crippen molar-refractivity contribution in [1.82, 2.24) is 0 Å². The Balaban J connectivity index is 2.30. The zero-order chi connectivity index (χ0) is 14.9. The molecule has 4 heteroatoms. The molecule has 108 valence electrons. The molecule has 1 aliphatic rings. The molecule has 1 aliphatic heterocycles. The molecule has 0 bridgehead atoms. The molecule has 3 atom stereocenters. The molecule has 4 nitrogen and oxygen atoms in total. The third-order valence-electron chi connectivity index (χ3n) is 3.55. The monoisotopic (exact) mass is 275 g/mol. The van der Waals surface area contributed by atoms with Gasteiger partial charge in [0, 0.05) is 12.0 Å². The molecule has 0 amide bonds. The van der Waals surface area contributed by atoms with Crippen LogP contribution < -0.4 is 4.74 Å². The van der Waals surface area contributed by atoms with E-state index in [1.165, 1.54) is 0 Å². The summed E-state index contributed by atoms with van der Waals surface area (Å²) in [5, 5.41) is 18.9. The molecule has 0 aliphatic carbocycles. The maximum absolute atomic E-state index is 9.52. The van der Waals surface area contributed by atoms with Gasteiger partial charge in [0.2, 0.25) is 0 Å². The van der Waals surface area contributed by atoms with E-state index in [1.54, 1.807) is 13.8 Å². The van der Waals surface area contributed by atoms with Gasteiger partial charge >= 0.3 is 0 Å². The smallest absolute Gasteiger partial charge is 0.173 e. The van der Waals surface area contributed by atoms with Gasteiger partial charge in [0.05, 0.1) is 18.3 Å². The van der Waals surface area contributed by atoms with E-state index in [0.717, 1.165) is 23.3 Å². The van der Waals surface area contributed by atoms with Crippen molar-refractivity contribution >= 4 is 0 Å². The number of ether oxygens (including phenoxy) is 2. The van der Waals surface area contributed by atoms with Gasteiger partial charge in [-0.15, -0.1) is 0 Å². The Morgan fingerprint density at radius 3 is 2.70 bits per heavy atom. The van der Waals surface area contributed by atoms with E-state index >= 15 is 0 Å². The molecule has 1 heterocycles. The number of nitrogens with zero attached hydrogens (tertiary/aromatic N) is 1. The fourth-order valence-corrected chi connectivity index (χ4v) is 2.35. The number of aliphatic hydroxyl groups excluding tert-OH is 1. The van der Waals surface area contributed by atoms with Crippen LogP contribution in [0.1, 0.15) is 44.9 Å². The molecule has 1 aromatic carbocycles. The van der Waals surface area contributed by atoms with Crippen LogP contribution in [-0.4, -0.2) is 22.9 Å². The Hall–Kier alpha value is -1.57. The first-order valence-electron chi connectivity index (χ1n) is 6.88. The Bertz CT molecular complexity index is 531. The summed E-state index contributed by atoms with van der Waals surface area (Å²) < 4.78 is 11.6. The summed E-state index contributed by atoms with van der Waals surface area (Å²) in [5.41, 5.74) is 1.58. The summed E-state index contributed by atoms with van der Waals surface area (Å²) in [6, 6.07) is 7.93. The van der Waals surface area contributed by atoms with E-state index in [0.29, 0.717) is 0 Å². The highest BCUT2D eigenvalue weighted by Gasteiger charge is 2.34. The van der Waals surface area contributed by atoms with Crippen LogP contribution in [-0.2, 0) is 11.2 Å². The lowest BCUT2D eigenvalue weighted by Crippen LogP contribution is -2.26. The van der Waals surface area contributed by atoms with E-state index in [9.17, 15) is 10.4 Å². The summed E-state index contributed by atoms with van der Waals surface area (Å²) in [6.45, 7) is 7.45. The van der Waals surface area contributed by atoms with Crippen LogP contribution >= 0.6 is 0 Å². The van der Waals surface area contributed by atoms with Gasteiger partial charge in [-0.3, -0.25) is 0 Å². The highest BCUT2D eigenvalue weighted by molar-refractivity contribution is 5.48. The molecular weight excluding hydrogens is 254 g/mol. The third-order valence-corrected chi connectivity index (χ3v) is 3.55. The van der Waals surface area contributed by atoms with Crippen molar-refractivity contribution < 1.29 is 14.6 Å². The lowest BCUT2D eigenvalue weighted by atomic mass is 9.99. The molecule has 0 fully saturated rings. The highest BCUT2D eigenvalue weighted by Crippen LogP contribution is 2.40. The van der Waals surface area contributed by atoms with Crippen molar-refractivity contribution in [2.24, 2.45) is 0 Å². The number of hydrogen-bond donors (Lipinski definition) is 1. The van der Waals surface area contributed by atoms with E-state index in [1.807, 2.05) is 32.0 Å². The maximum atomic E-state index is 9.52. The molecule has 3 unspecified atom stereocenters. The largest absolute Gasteiger partial charge is 0.487 e. The molecule has 2 rings (SSSR count). The second-order valence-electron chi connectivity index (χ2n) is 5.96. The summed E-state index contributed by atoms with van der Waals surface area (Å²) >= 11 is 0. The van der Waals surface area contributed by atoms with Crippen LogP contribution in [0.5, 0.6) is 5.75 Å². The second kappa shape index (κ2) is 5.43. The Kier molecular flexibility index (Phi) is 4.03. The van der Waals surface area contributed by atoms with Gasteiger partial charge in [-0.25, -0.2) is 0 Å². The van der Waals surface area contributed by atoms with E-state index in [4.69, 9.17) is 9.47 Å². The number of fused-ring (bicyclic) bond motifs is 1. The lowest BCUT2D eigenvalue weighted by Gasteiger charge is -2.22. The number of hydrogen-bond acceptors (Lipinski definition) is 4. The molecule has 0 spiro atoms. The molecule has 1 N–H and O–H groups in total. The van der Waals surface area contributed by atoms with Gasteiger partial charge in [0.25, 0.3) is 0 Å². The summed E-state index contributed by atoms with van der Waals surface area (Å²) in [5.74, 6) is 0.752. The normalized spacial score (nSPS) is 20.4. The highest BCUT2D eigenvalue weighted by atomic mass is 16.5. The first-order chi connectivity index (χ1) is 9.34. The lowest BCUT2D eigenvalue weighted by molar-refractivity contribution is -0.0436. The Labute approximate surface area is 119 Å². The fraction of sp³-hybridized carbons (Fsp3) is 0.562. The quantitative estimate of drug-likeness (QED) is 0.917. The maximum Gasteiger partial charge on any atom is 0.173 e. The second-order valence-corrected chi connectivity index (χ2v) is 5.96. The van der Waals surface area contributed by atoms with E-state index in [-0.39, 0.29) is 5.60 Å². The first kappa shape index (κ1) is 14.8. The number of rotatable bonds is 4. The van der Waals surface area contributed by atoms with Gasteiger partial charge in [-0.2, -0.15) is 5.26 Å². The molecule has 0 saturated carbocycles. The predicted molar refractivity (Wildman–Crippen MR) is 75.4 cm³/mol. The predicted octanol–water partition coefficient (Wildman–Crippen LogP) is 2.75. The molecule has 0 aromatic heterocycles. The van der Waals surface area contributed by atoms with Crippen molar-refractivity contribution in [3.63, 3.8) is 0 Å². The minimum Gasteiger partial charge on any atom is -0.487 e. The van der Waals surface area contributed by atoms with Gasteiger partial charge < -0.3 is 14.6 Å². The van der Waals surface area contributed by atoms with E-state index < -0.39 is 18.3 Å². The average molecular weight is 275 g/mol. The van der Waals surface area contributed by atoms with Gasteiger partial charge in [0.15, 0.2) is 6.10 Å². The molecule has 1 aromatic rings. The Morgan fingerprint density at radius 2 is 2.10 bits per heavy atom. The van der Waals surface area contributed by atoms with Gasteiger partial charge in [-0.1, -0.05) is 18.2 Å². The van der Waals surface area contributed by atoms with Crippen molar-refractivity contribution in [1.29, 1.82) is 5.26 Å². The van der Waals surface area contributed by atoms with Crippen molar-refractivity contribution in [2.75, 3.05) is 0 Å². The van der Waals surface area contributed by atoms with Gasteiger partial charge in [-0.05, 0) is 33.3 Å². The number of para-hydroxylation sites is 1. The topological polar surface area (TPSA) is 62.5 Å². The molecular formula is C16H21NO3. The Morgan fingerprint density at radius 1 is 1.40 bits per heavy atom. The van der Waals surface area contributed by atoms with Crippen LogP contribution in [0.3, 0.4) is 0 Å². The molecule has 0 saturated heterocycles. The minimum atomic E-state index is -0.733. The summed E-state index contributed by atoms with van der Waals surface area (Å²) in [4.78, 5) is 0. The standard InChI is InChI=1S/C16H21NO3/c1-10(18)11(2)19-14(9-17)13-7-5-6-12-8-16(3,4)20-15(12)13/h5-7,10-11,14,18H,8H2,1-4H3. The SMILES string of the molecule is CC(O)C(C)OC(C#N)c1cccc2c1OC(C)(C)C2. The van der Waals surface area contributed by atoms with Crippen LogP contribution in [0.2, 0.25) is 0 Å². The number of nitriles is 1. The van der Waals surface area contributed by atoms with Crippen LogP contribution in [0.4, 0.5) is 0 Å². The number of benzene rings is 1. The first-order valence-corrected chi connectivity index (χ1v) is 6.88. The van der Waals surface area contributed by atoms with Gasteiger partial charge in [0.1, 0.15) is 11.4 Å². The number of aliphatic hydroxyl groups is 1. The fourth-order valence-electron chi connectivity index (χ4n) is 2.35. The minimum absolute atomic E-state index is 0.256. The van der Waals surface area contributed by atoms with Crippen molar-refractivity contribution in [3.8, 4) is 11.8 Å². The zero-order valence-corrected chi connectivity index (χ0v) is 12.4. The summed E-state index contributed by atoms with van der Waals surface area (Å²) in [6.07, 6.45) is -0.950. The zero-order valence-electron chi connectivity index (χ0n) is 12.4. The third kappa shape index (κ3) is 2.95. The van der Waals surface area contributed by atoms with Crippen LogP contribution in [0, 0.1) is 11.3 Å². The van der Waals surface area contributed by atoms with Crippen molar-refractivity contribution in [2.45, 2.75) is 58.0 Å².